The summed E-state index contributed by atoms with van der Waals surface area (Å²) in [6.45, 7) is -0.202. The van der Waals surface area contributed by atoms with Crippen molar-refractivity contribution < 1.29 is 17.9 Å². The second-order valence-electron chi connectivity index (χ2n) is 7.30. The predicted octanol–water partition coefficient (Wildman–Crippen LogP) is 3.38. The summed E-state index contributed by atoms with van der Waals surface area (Å²) in [5, 5.41) is 11.4. The van der Waals surface area contributed by atoms with Crippen LogP contribution in [0.1, 0.15) is 37.7 Å². The molecule has 1 aliphatic rings. The summed E-state index contributed by atoms with van der Waals surface area (Å²) in [6.07, 6.45) is 5.31. The van der Waals surface area contributed by atoms with E-state index in [1.54, 1.807) is 36.4 Å². The molecule has 0 heterocycles. The van der Waals surface area contributed by atoms with E-state index in [-0.39, 0.29) is 23.5 Å². The van der Waals surface area contributed by atoms with E-state index in [9.17, 15) is 13.2 Å². The number of benzene rings is 2. The van der Waals surface area contributed by atoms with Crippen LogP contribution in [0.5, 0.6) is 5.75 Å². The normalized spacial score (nSPS) is 14.6. The van der Waals surface area contributed by atoms with Crippen LogP contribution in [0.3, 0.4) is 0 Å². The van der Waals surface area contributed by atoms with Crippen LogP contribution in [0, 0.1) is 11.3 Å². The highest BCUT2D eigenvalue weighted by Crippen LogP contribution is 2.21. The summed E-state index contributed by atoms with van der Waals surface area (Å²) >= 11 is 0. The molecule has 8 heteroatoms. The molecule has 0 spiro atoms. The van der Waals surface area contributed by atoms with Crippen molar-refractivity contribution in [2.24, 2.45) is 0 Å². The van der Waals surface area contributed by atoms with Crippen LogP contribution < -0.4 is 14.8 Å². The molecule has 0 aliphatic heterocycles. The molecule has 0 saturated heterocycles. The first-order chi connectivity index (χ1) is 14.5. The number of sulfonamides is 1. The van der Waals surface area contributed by atoms with Gasteiger partial charge in [-0.15, -0.1) is 0 Å². The predicted molar refractivity (Wildman–Crippen MR) is 114 cm³/mol. The van der Waals surface area contributed by atoms with Crippen LogP contribution in [0.25, 0.3) is 0 Å². The molecule has 0 atom stereocenters. The number of rotatable bonds is 8. The number of nitrogens with zero attached hydrogens (tertiary/aromatic N) is 1. The summed E-state index contributed by atoms with van der Waals surface area (Å²) in [5.74, 6) is 0.0739. The monoisotopic (exact) mass is 427 g/mol. The molecule has 30 heavy (non-hydrogen) atoms. The van der Waals surface area contributed by atoms with Gasteiger partial charge >= 0.3 is 0 Å². The van der Waals surface area contributed by atoms with Crippen molar-refractivity contribution in [3.63, 3.8) is 0 Å². The maximum absolute atomic E-state index is 12.5. The Morgan fingerprint density at radius 3 is 2.33 bits per heavy atom. The lowest BCUT2D eigenvalue weighted by Crippen LogP contribution is -2.36. The van der Waals surface area contributed by atoms with Gasteiger partial charge in [0.25, 0.3) is 5.91 Å². The SMILES string of the molecule is N#CCc1ccc(NC(=O)COc2ccc(S(=O)(=O)NC3CCCCC3)cc2)cc1. The third-order valence-corrected chi connectivity index (χ3v) is 6.49. The molecule has 1 saturated carbocycles. The van der Waals surface area contributed by atoms with Gasteiger partial charge in [0.2, 0.25) is 10.0 Å². The lowest BCUT2D eigenvalue weighted by Gasteiger charge is -2.22. The molecule has 1 fully saturated rings. The van der Waals surface area contributed by atoms with E-state index in [1.807, 2.05) is 0 Å². The fraction of sp³-hybridized carbons (Fsp3) is 0.364. The minimum Gasteiger partial charge on any atom is -0.484 e. The Hall–Kier alpha value is -2.89. The smallest absolute Gasteiger partial charge is 0.262 e. The minimum atomic E-state index is -3.56. The topological polar surface area (TPSA) is 108 Å². The molecule has 158 valence electrons. The van der Waals surface area contributed by atoms with Crippen molar-refractivity contribution in [2.75, 3.05) is 11.9 Å². The van der Waals surface area contributed by atoms with Gasteiger partial charge in [-0.1, -0.05) is 31.4 Å². The molecule has 0 bridgehead atoms. The number of anilines is 1. The lowest BCUT2D eigenvalue weighted by atomic mass is 9.96. The first-order valence-electron chi connectivity index (χ1n) is 9.97. The number of nitrogens with one attached hydrogen (secondary N) is 2. The third kappa shape index (κ3) is 6.31. The second-order valence-corrected chi connectivity index (χ2v) is 9.01. The highest BCUT2D eigenvalue weighted by molar-refractivity contribution is 7.89. The van der Waals surface area contributed by atoms with Crippen molar-refractivity contribution in [3.8, 4) is 11.8 Å². The maximum Gasteiger partial charge on any atom is 0.262 e. The minimum absolute atomic E-state index is 0.00246. The van der Waals surface area contributed by atoms with Gasteiger partial charge in [-0.3, -0.25) is 4.79 Å². The molecule has 2 N–H and O–H groups in total. The summed E-state index contributed by atoms with van der Waals surface area (Å²) in [5.41, 5.74) is 1.49. The third-order valence-electron chi connectivity index (χ3n) is 4.95. The zero-order valence-corrected chi connectivity index (χ0v) is 17.5. The number of amides is 1. The molecule has 2 aromatic carbocycles. The van der Waals surface area contributed by atoms with E-state index in [0.29, 0.717) is 17.9 Å². The average molecular weight is 428 g/mol. The Kier molecular flexibility index (Phi) is 7.44. The Balaban J connectivity index is 1.50. The molecular formula is C22H25N3O4S. The van der Waals surface area contributed by atoms with Crippen molar-refractivity contribution in [2.45, 2.75) is 49.5 Å². The maximum atomic E-state index is 12.5. The molecule has 3 rings (SSSR count). The summed E-state index contributed by atoms with van der Waals surface area (Å²) in [4.78, 5) is 12.2. The van der Waals surface area contributed by atoms with Gasteiger partial charge < -0.3 is 10.1 Å². The number of nitriles is 1. The van der Waals surface area contributed by atoms with Crippen molar-refractivity contribution >= 4 is 21.6 Å². The van der Waals surface area contributed by atoms with Gasteiger partial charge in [0.15, 0.2) is 6.61 Å². The zero-order valence-electron chi connectivity index (χ0n) is 16.6. The van der Waals surface area contributed by atoms with Crippen LogP contribution in [-0.4, -0.2) is 27.0 Å². The molecule has 1 aliphatic carbocycles. The summed E-state index contributed by atoms with van der Waals surface area (Å²) in [7, 11) is -3.56. The molecule has 0 radical (unpaired) electrons. The van der Waals surface area contributed by atoms with Crippen molar-refractivity contribution in [1.82, 2.24) is 4.72 Å². The quantitative estimate of drug-likeness (QED) is 0.671. The van der Waals surface area contributed by atoms with Gasteiger partial charge in [-0.25, -0.2) is 13.1 Å². The fourth-order valence-corrected chi connectivity index (χ4v) is 4.67. The van der Waals surface area contributed by atoms with Crippen LogP contribution in [0.4, 0.5) is 5.69 Å². The van der Waals surface area contributed by atoms with E-state index >= 15 is 0 Å². The number of ether oxygens (including phenoxy) is 1. The first-order valence-corrected chi connectivity index (χ1v) is 11.5. The van der Waals surface area contributed by atoms with Gasteiger partial charge in [0, 0.05) is 11.7 Å². The van der Waals surface area contributed by atoms with Gasteiger partial charge in [-0.05, 0) is 54.8 Å². The van der Waals surface area contributed by atoms with Gasteiger partial charge in [0.05, 0.1) is 17.4 Å². The Bertz CT molecular complexity index is 990. The van der Waals surface area contributed by atoms with E-state index in [0.717, 1.165) is 37.7 Å². The Morgan fingerprint density at radius 1 is 1.03 bits per heavy atom. The average Bonchev–Trinajstić information content (AvgIpc) is 2.75. The van der Waals surface area contributed by atoms with Crippen molar-refractivity contribution in [3.05, 3.63) is 54.1 Å². The van der Waals surface area contributed by atoms with Gasteiger partial charge in [-0.2, -0.15) is 5.26 Å². The zero-order chi connectivity index (χ0) is 21.4. The molecule has 0 unspecified atom stereocenters. The summed E-state index contributed by atoms with van der Waals surface area (Å²) in [6, 6.07) is 15.1. The van der Waals surface area contributed by atoms with E-state index in [1.165, 1.54) is 12.1 Å². The second kappa shape index (κ2) is 10.2. The first kappa shape index (κ1) is 21.8. The number of carbonyl (C=O) groups is 1. The Morgan fingerprint density at radius 2 is 1.70 bits per heavy atom. The Labute approximate surface area is 177 Å². The molecule has 0 aromatic heterocycles. The van der Waals surface area contributed by atoms with Crippen LogP contribution in [0.15, 0.2) is 53.4 Å². The number of carbonyl (C=O) groups excluding carboxylic acids is 1. The molecule has 1 amide bonds. The summed E-state index contributed by atoms with van der Waals surface area (Å²) < 4.78 is 33.2. The van der Waals surface area contributed by atoms with Crippen LogP contribution in [0.2, 0.25) is 0 Å². The van der Waals surface area contributed by atoms with Crippen LogP contribution >= 0.6 is 0 Å². The number of hydrogen-bond acceptors (Lipinski definition) is 5. The molecule has 2 aromatic rings. The highest BCUT2D eigenvalue weighted by atomic mass is 32.2. The molecular weight excluding hydrogens is 402 g/mol. The van der Waals surface area contributed by atoms with Crippen molar-refractivity contribution in [1.29, 1.82) is 5.26 Å². The van der Waals surface area contributed by atoms with Gasteiger partial charge in [0.1, 0.15) is 5.75 Å². The van der Waals surface area contributed by atoms with E-state index < -0.39 is 10.0 Å². The largest absolute Gasteiger partial charge is 0.484 e. The van der Waals surface area contributed by atoms with Crippen LogP contribution in [-0.2, 0) is 21.2 Å². The number of hydrogen-bond donors (Lipinski definition) is 2. The fourth-order valence-electron chi connectivity index (χ4n) is 3.37. The highest BCUT2D eigenvalue weighted by Gasteiger charge is 2.21. The standard InChI is InChI=1S/C22H25N3O4S/c23-15-14-17-6-8-18(9-7-17)24-22(26)16-29-20-10-12-21(13-11-20)30(27,28)25-19-4-2-1-3-5-19/h6-13,19,25H,1-5,14,16H2,(H,24,26). The molecule has 7 nitrogen and oxygen atoms in total. The van der Waals surface area contributed by atoms with E-state index in [4.69, 9.17) is 10.00 Å². The lowest BCUT2D eigenvalue weighted by molar-refractivity contribution is -0.118. The van der Waals surface area contributed by atoms with E-state index in [2.05, 4.69) is 16.1 Å².